The quantitative estimate of drug-likeness (QED) is 0.783. The topological polar surface area (TPSA) is 38.3 Å². The number of para-hydroxylation sites is 1. The van der Waals surface area contributed by atoms with Crippen LogP contribution in [0.25, 0.3) is 0 Å². The van der Waals surface area contributed by atoms with Gasteiger partial charge in [-0.3, -0.25) is 5.32 Å². The van der Waals surface area contributed by atoms with Crippen LogP contribution in [0, 0.1) is 0 Å². The van der Waals surface area contributed by atoms with Gasteiger partial charge >= 0.3 is 6.09 Å². The summed E-state index contributed by atoms with van der Waals surface area (Å²) in [4.78, 5) is 11.9. The number of hydrogen-bond donors (Lipinski definition) is 1. The number of hydrogen-bond acceptors (Lipinski definition) is 2. The number of rotatable bonds is 3. The minimum absolute atomic E-state index is 0.338. The van der Waals surface area contributed by atoms with E-state index in [2.05, 4.69) is 19.2 Å². The van der Waals surface area contributed by atoms with Gasteiger partial charge < -0.3 is 4.74 Å². The first kappa shape index (κ1) is 15.7. The Bertz CT molecular complexity index is 619. The van der Waals surface area contributed by atoms with Gasteiger partial charge in [0.25, 0.3) is 0 Å². The monoisotopic (exact) mass is 323 g/mol. The number of nitrogens with one attached hydrogen (secondary N) is 1. The highest BCUT2D eigenvalue weighted by Crippen LogP contribution is 2.30. The van der Waals surface area contributed by atoms with Crippen LogP contribution in [0.15, 0.2) is 42.5 Å². The molecule has 0 saturated heterocycles. The molecule has 0 fully saturated rings. The fourth-order valence-corrected chi connectivity index (χ4v) is 2.26. The van der Waals surface area contributed by atoms with Crippen molar-refractivity contribution in [2.75, 3.05) is 5.32 Å². The van der Waals surface area contributed by atoms with Gasteiger partial charge in [0.1, 0.15) is 5.75 Å². The number of benzene rings is 2. The van der Waals surface area contributed by atoms with E-state index in [1.54, 1.807) is 30.3 Å². The zero-order valence-corrected chi connectivity index (χ0v) is 13.2. The van der Waals surface area contributed by atoms with Crippen molar-refractivity contribution in [2.45, 2.75) is 19.8 Å². The molecule has 1 amide bonds. The van der Waals surface area contributed by atoms with Crippen LogP contribution < -0.4 is 10.1 Å². The molecule has 5 heteroatoms. The smallest absolute Gasteiger partial charge is 0.410 e. The summed E-state index contributed by atoms with van der Waals surface area (Å²) in [6.07, 6.45) is -0.637. The van der Waals surface area contributed by atoms with Gasteiger partial charge in [-0.1, -0.05) is 55.2 Å². The highest BCUT2D eigenvalue weighted by Gasteiger charge is 2.11. The van der Waals surface area contributed by atoms with Gasteiger partial charge in [0, 0.05) is 0 Å². The van der Waals surface area contributed by atoms with Gasteiger partial charge in [-0.2, -0.15) is 0 Å². The van der Waals surface area contributed by atoms with Crippen molar-refractivity contribution in [1.82, 2.24) is 0 Å². The molecule has 0 heterocycles. The van der Waals surface area contributed by atoms with E-state index in [0.29, 0.717) is 27.4 Å². The standard InChI is InChI=1S/C16H15Cl2NO2/c1-10(2)11-6-8-12(9-7-11)21-16(20)19-15-13(17)4-3-5-14(15)18/h3-10H,1-2H3,(H,19,20). The summed E-state index contributed by atoms with van der Waals surface area (Å²) in [5.41, 5.74) is 1.52. The average Bonchev–Trinajstić information content (AvgIpc) is 2.43. The third kappa shape index (κ3) is 4.13. The van der Waals surface area contributed by atoms with Gasteiger partial charge in [-0.15, -0.1) is 0 Å². The lowest BCUT2D eigenvalue weighted by molar-refractivity contribution is 0.215. The Kier molecular flexibility index (Phi) is 5.10. The summed E-state index contributed by atoms with van der Waals surface area (Å²) in [6, 6.07) is 12.3. The van der Waals surface area contributed by atoms with Crippen molar-refractivity contribution in [1.29, 1.82) is 0 Å². The van der Waals surface area contributed by atoms with Crippen LogP contribution in [0.4, 0.5) is 10.5 Å². The molecule has 0 unspecified atom stereocenters. The van der Waals surface area contributed by atoms with E-state index < -0.39 is 6.09 Å². The molecule has 0 aliphatic rings. The Morgan fingerprint density at radius 1 is 1.05 bits per heavy atom. The molecular formula is C16H15Cl2NO2. The van der Waals surface area contributed by atoms with Crippen LogP contribution in [-0.2, 0) is 0 Å². The Labute approximate surface area is 133 Å². The number of carbonyl (C=O) groups is 1. The highest BCUT2D eigenvalue weighted by molar-refractivity contribution is 6.39. The van der Waals surface area contributed by atoms with E-state index in [0.717, 1.165) is 0 Å². The van der Waals surface area contributed by atoms with Crippen molar-refractivity contribution in [2.24, 2.45) is 0 Å². The second-order valence-corrected chi connectivity index (χ2v) is 5.65. The summed E-state index contributed by atoms with van der Waals surface area (Å²) < 4.78 is 5.20. The Morgan fingerprint density at radius 3 is 2.14 bits per heavy atom. The number of ether oxygens (including phenoxy) is 1. The summed E-state index contributed by atoms with van der Waals surface area (Å²) in [7, 11) is 0. The van der Waals surface area contributed by atoms with Gasteiger partial charge in [0.2, 0.25) is 0 Å². The third-order valence-electron chi connectivity index (χ3n) is 2.95. The molecule has 3 nitrogen and oxygen atoms in total. The van der Waals surface area contributed by atoms with E-state index in [4.69, 9.17) is 27.9 Å². The van der Waals surface area contributed by atoms with Gasteiger partial charge in [-0.25, -0.2) is 4.79 Å². The lowest BCUT2D eigenvalue weighted by atomic mass is 10.0. The maximum atomic E-state index is 11.9. The van der Waals surface area contributed by atoms with Crippen molar-refractivity contribution in [3.63, 3.8) is 0 Å². The normalized spacial score (nSPS) is 10.5. The molecular weight excluding hydrogens is 309 g/mol. The highest BCUT2D eigenvalue weighted by atomic mass is 35.5. The van der Waals surface area contributed by atoms with Crippen LogP contribution in [0.1, 0.15) is 25.3 Å². The lowest BCUT2D eigenvalue weighted by Crippen LogP contribution is -2.17. The Morgan fingerprint density at radius 2 is 1.62 bits per heavy atom. The van der Waals surface area contributed by atoms with E-state index >= 15 is 0 Å². The number of carbonyl (C=O) groups excluding carboxylic acids is 1. The van der Waals surface area contributed by atoms with Crippen molar-refractivity contribution < 1.29 is 9.53 Å². The molecule has 0 atom stereocenters. The summed E-state index contributed by atoms with van der Waals surface area (Å²) >= 11 is 12.0. The van der Waals surface area contributed by atoms with E-state index in [9.17, 15) is 4.79 Å². The molecule has 21 heavy (non-hydrogen) atoms. The molecule has 0 bridgehead atoms. The lowest BCUT2D eigenvalue weighted by Gasteiger charge is -2.10. The summed E-state index contributed by atoms with van der Waals surface area (Å²) in [5.74, 6) is 0.884. The van der Waals surface area contributed by atoms with Crippen molar-refractivity contribution >= 4 is 35.0 Å². The van der Waals surface area contributed by atoms with E-state index in [1.807, 2.05) is 12.1 Å². The van der Waals surface area contributed by atoms with Crippen LogP contribution in [-0.4, -0.2) is 6.09 Å². The molecule has 110 valence electrons. The van der Waals surface area contributed by atoms with Crippen LogP contribution >= 0.6 is 23.2 Å². The summed E-state index contributed by atoms with van der Waals surface area (Å²) in [5, 5.41) is 3.25. The molecule has 1 N–H and O–H groups in total. The predicted octanol–water partition coefficient (Wildman–Crippen LogP) is 5.73. The molecule has 0 radical (unpaired) electrons. The number of halogens is 2. The molecule has 0 aliphatic carbocycles. The van der Waals surface area contributed by atoms with Gasteiger partial charge in [0.05, 0.1) is 15.7 Å². The van der Waals surface area contributed by atoms with Crippen LogP contribution in [0.2, 0.25) is 10.0 Å². The predicted molar refractivity (Wildman–Crippen MR) is 86.6 cm³/mol. The first-order valence-corrected chi connectivity index (χ1v) is 7.26. The zero-order chi connectivity index (χ0) is 15.4. The zero-order valence-electron chi connectivity index (χ0n) is 11.7. The minimum atomic E-state index is -0.637. The molecule has 0 aliphatic heterocycles. The maximum absolute atomic E-state index is 11.9. The Balaban J connectivity index is 2.05. The molecule has 2 aromatic rings. The number of anilines is 1. The van der Waals surface area contributed by atoms with Crippen molar-refractivity contribution in [3.8, 4) is 5.75 Å². The second kappa shape index (κ2) is 6.83. The third-order valence-corrected chi connectivity index (χ3v) is 3.58. The molecule has 0 saturated carbocycles. The van der Waals surface area contributed by atoms with E-state index in [-0.39, 0.29) is 0 Å². The molecule has 2 aromatic carbocycles. The maximum Gasteiger partial charge on any atom is 0.417 e. The van der Waals surface area contributed by atoms with Crippen molar-refractivity contribution in [3.05, 3.63) is 58.1 Å². The Hall–Kier alpha value is -1.71. The first-order chi connectivity index (χ1) is 9.97. The van der Waals surface area contributed by atoms with Gasteiger partial charge in [-0.05, 0) is 35.7 Å². The average molecular weight is 324 g/mol. The SMILES string of the molecule is CC(C)c1ccc(OC(=O)Nc2c(Cl)cccc2Cl)cc1. The second-order valence-electron chi connectivity index (χ2n) is 4.83. The molecule has 0 spiro atoms. The van der Waals surface area contributed by atoms with Gasteiger partial charge in [0.15, 0.2) is 0 Å². The molecule has 2 rings (SSSR count). The molecule has 0 aromatic heterocycles. The van der Waals surface area contributed by atoms with Crippen LogP contribution in [0.5, 0.6) is 5.75 Å². The fourth-order valence-electron chi connectivity index (χ4n) is 1.77. The number of amides is 1. The largest absolute Gasteiger partial charge is 0.417 e. The van der Waals surface area contributed by atoms with Crippen LogP contribution in [0.3, 0.4) is 0 Å². The summed E-state index contributed by atoms with van der Waals surface area (Å²) in [6.45, 7) is 4.20. The minimum Gasteiger partial charge on any atom is -0.410 e. The fraction of sp³-hybridized carbons (Fsp3) is 0.188. The first-order valence-electron chi connectivity index (χ1n) is 6.50. The van der Waals surface area contributed by atoms with E-state index in [1.165, 1.54) is 5.56 Å².